The van der Waals surface area contributed by atoms with Gasteiger partial charge in [0.1, 0.15) is 6.04 Å². The van der Waals surface area contributed by atoms with Gasteiger partial charge in [-0.1, -0.05) is 48.5 Å². The third kappa shape index (κ3) is 3.60. The molecule has 1 fully saturated rings. The van der Waals surface area contributed by atoms with Gasteiger partial charge >= 0.3 is 6.03 Å². The maximum absolute atomic E-state index is 12.8. The van der Waals surface area contributed by atoms with Crippen LogP contribution in [0.2, 0.25) is 0 Å². The van der Waals surface area contributed by atoms with Crippen molar-refractivity contribution in [2.75, 3.05) is 4.90 Å². The second-order valence-electron chi connectivity index (χ2n) is 5.52. The molecule has 1 aliphatic rings. The second kappa shape index (κ2) is 6.95. The molecule has 0 aromatic heterocycles. The smallest absolute Gasteiger partial charge is 0.322 e. The van der Waals surface area contributed by atoms with Gasteiger partial charge in [-0.25, -0.2) is 4.79 Å². The third-order valence-electron chi connectivity index (χ3n) is 3.79. The largest absolute Gasteiger partial charge is 0.325 e. The van der Waals surface area contributed by atoms with Gasteiger partial charge in [0.25, 0.3) is 5.91 Å². The summed E-state index contributed by atoms with van der Waals surface area (Å²) in [6.45, 7) is 0.395. The summed E-state index contributed by atoms with van der Waals surface area (Å²) in [5.41, 5.74) is 1.73. The molecule has 1 saturated heterocycles. The monoisotopic (exact) mass is 323 g/mol. The predicted molar refractivity (Wildman–Crippen MR) is 89.2 cm³/mol. The Bertz CT molecular complexity index is 747. The number of imide groups is 1. The van der Waals surface area contributed by atoms with Crippen molar-refractivity contribution in [1.29, 1.82) is 0 Å². The van der Waals surface area contributed by atoms with E-state index in [1.807, 2.05) is 60.7 Å². The average Bonchev–Trinajstić information content (AvgIpc) is 2.91. The van der Waals surface area contributed by atoms with E-state index in [0.717, 1.165) is 11.3 Å². The molecule has 0 radical (unpaired) electrons. The minimum atomic E-state index is -0.827. The quantitative estimate of drug-likeness (QED) is 0.824. The van der Waals surface area contributed by atoms with Gasteiger partial charge in [-0.2, -0.15) is 0 Å². The zero-order valence-corrected chi connectivity index (χ0v) is 12.9. The van der Waals surface area contributed by atoms with Crippen LogP contribution in [0.1, 0.15) is 12.0 Å². The maximum Gasteiger partial charge on any atom is 0.322 e. The molecule has 0 bridgehead atoms. The van der Waals surface area contributed by atoms with Crippen molar-refractivity contribution < 1.29 is 14.4 Å². The van der Waals surface area contributed by atoms with E-state index in [0.29, 0.717) is 6.54 Å². The summed E-state index contributed by atoms with van der Waals surface area (Å²) in [4.78, 5) is 37.2. The molecule has 3 rings (SSSR count). The molecule has 122 valence electrons. The summed E-state index contributed by atoms with van der Waals surface area (Å²) in [5, 5.41) is 4.60. The number of para-hydroxylation sites is 1. The van der Waals surface area contributed by atoms with Crippen LogP contribution < -0.4 is 15.5 Å². The highest BCUT2D eigenvalue weighted by Crippen LogP contribution is 2.19. The molecule has 24 heavy (non-hydrogen) atoms. The van der Waals surface area contributed by atoms with Crippen LogP contribution in [-0.4, -0.2) is 23.9 Å². The van der Waals surface area contributed by atoms with Crippen LogP contribution >= 0.6 is 0 Å². The van der Waals surface area contributed by atoms with Crippen LogP contribution in [0.25, 0.3) is 0 Å². The minimum Gasteiger partial charge on any atom is -0.325 e. The van der Waals surface area contributed by atoms with Gasteiger partial charge in [0, 0.05) is 5.69 Å². The van der Waals surface area contributed by atoms with E-state index >= 15 is 0 Å². The topological polar surface area (TPSA) is 78.5 Å². The lowest BCUT2D eigenvalue weighted by atomic mass is 10.1. The van der Waals surface area contributed by atoms with Crippen LogP contribution in [0.4, 0.5) is 10.5 Å². The van der Waals surface area contributed by atoms with E-state index in [4.69, 9.17) is 0 Å². The van der Waals surface area contributed by atoms with Gasteiger partial charge < -0.3 is 10.2 Å². The first-order valence-electron chi connectivity index (χ1n) is 7.64. The predicted octanol–water partition coefficient (Wildman–Crippen LogP) is 1.82. The highest BCUT2D eigenvalue weighted by molar-refractivity contribution is 6.07. The molecule has 1 aliphatic heterocycles. The van der Waals surface area contributed by atoms with E-state index in [1.165, 1.54) is 0 Å². The van der Waals surface area contributed by atoms with Crippen LogP contribution in [-0.2, 0) is 16.1 Å². The number of carbonyl (C=O) groups excluding carboxylic acids is 3. The molecule has 6 heteroatoms. The molecule has 4 amide bonds. The third-order valence-corrected chi connectivity index (χ3v) is 3.79. The van der Waals surface area contributed by atoms with Crippen LogP contribution in [0.3, 0.4) is 0 Å². The molecular formula is C18H17N3O3. The Morgan fingerprint density at radius 1 is 0.958 bits per heavy atom. The molecule has 0 aliphatic carbocycles. The maximum atomic E-state index is 12.8. The number of nitrogens with one attached hydrogen (secondary N) is 2. The fourth-order valence-corrected chi connectivity index (χ4v) is 2.58. The van der Waals surface area contributed by atoms with Crippen molar-refractivity contribution in [3.05, 3.63) is 66.2 Å². The van der Waals surface area contributed by atoms with Crippen molar-refractivity contribution in [3.63, 3.8) is 0 Å². The Labute approximate surface area is 139 Å². The molecule has 2 aromatic carbocycles. The lowest BCUT2D eigenvalue weighted by molar-refractivity contribution is -0.125. The summed E-state index contributed by atoms with van der Waals surface area (Å²) in [7, 11) is 0. The van der Waals surface area contributed by atoms with E-state index in [2.05, 4.69) is 10.6 Å². The Morgan fingerprint density at radius 3 is 2.17 bits per heavy atom. The van der Waals surface area contributed by atoms with Gasteiger partial charge in [-0.05, 0) is 17.7 Å². The highest BCUT2D eigenvalue weighted by Gasteiger charge is 2.32. The number of amides is 4. The van der Waals surface area contributed by atoms with Crippen molar-refractivity contribution in [2.45, 2.75) is 19.0 Å². The highest BCUT2D eigenvalue weighted by atomic mass is 16.2. The first-order valence-corrected chi connectivity index (χ1v) is 7.64. The summed E-state index contributed by atoms with van der Waals surface area (Å²) in [5.74, 6) is -0.700. The number of carbonyl (C=O) groups is 3. The van der Waals surface area contributed by atoms with E-state index < -0.39 is 18.0 Å². The molecule has 0 saturated carbocycles. The van der Waals surface area contributed by atoms with Gasteiger partial charge in [0.15, 0.2) is 0 Å². The number of urea groups is 1. The molecule has 0 spiro atoms. The van der Waals surface area contributed by atoms with Crippen molar-refractivity contribution >= 4 is 23.5 Å². The standard InChI is InChI=1S/C18H17N3O3/c22-16(11-15-17(23)20-18(24)19-15)21(14-9-5-2-6-10-14)12-13-7-3-1-4-8-13/h1-10,15H,11-12H2,(H2,19,20,23,24). The average molecular weight is 323 g/mol. The number of nitrogens with zero attached hydrogens (tertiary/aromatic N) is 1. The summed E-state index contributed by atoms with van der Waals surface area (Å²) >= 11 is 0. The molecular weight excluding hydrogens is 306 g/mol. The lowest BCUT2D eigenvalue weighted by Gasteiger charge is -2.24. The Morgan fingerprint density at radius 2 is 1.58 bits per heavy atom. The molecule has 1 atom stereocenters. The summed E-state index contributed by atoms with van der Waals surface area (Å²) in [6, 6.07) is 17.5. The minimum absolute atomic E-state index is 0.0840. The SMILES string of the molecule is O=C1NC(=O)C(CC(=O)N(Cc2ccccc2)c2ccccc2)N1. The zero-order valence-electron chi connectivity index (χ0n) is 12.9. The van der Waals surface area contributed by atoms with Gasteiger partial charge in [-0.15, -0.1) is 0 Å². The Balaban J connectivity index is 1.80. The zero-order chi connectivity index (χ0) is 16.9. The van der Waals surface area contributed by atoms with Crippen molar-refractivity contribution in [2.24, 2.45) is 0 Å². The molecule has 2 aromatic rings. The number of anilines is 1. The Kier molecular flexibility index (Phi) is 4.56. The number of hydrogen-bond acceptors (Lipinski definition) is 3. The summed E-state index contributed by atoms with van der Waals surface area (Å²) in [6.07, 6.45) is -0.0840. The summed E-state index contributed by atoms with van der Waals surface area (Å²) < 4.78 is 0. The molecule has 1 heterocycles. The lowest BCUT2D eigenvalue weighted by Crippen LogP contribution is -2.38. The number of hydrogen-bond donors (Lipinski definition) is 2. The normalized spacial score (nSPS) is 16.4. The molecule has 2 N–H and O–H groups in total. The Hall–Kier alpha value is -3.15. The van der Waals surface area contributed by atoms with Gasteiger partial charge in [0.05, 0.1) is 13.0 Å². The van der Waals surface area contributed by atoms with E-state index in [1.54, 1.807) is 4.90 Å². The number of rotatable bonds is 5. The molecule has 6 nitrogen and oxygen atoms in total. The van der Waals surface area contributed by atoms with Crippen LogP contribution in [0.5, 0.6) is 0 Å². The fraction of sp³-hybridized carbons (Fsp3) is 0.167. The first-order chi connectivity index (χ1) is 11.6. The van der Waals surface area contributed by atoms with Crippen molar-refractivity contribution in [3.8, 4) is 0 Å². The first kappa shape index (κ1) is 15.7. The van der Waals surface area contributed by atoms with Gasteiger partial charge in [0.2, 0.25) is 5.91 Å². The van der Waals surface area contributed by atoms with Crippen molar-refractivity contribution in [1.82, 2.24) is 10.6 Å². The number of benzene rings is 2. The van der Waals surface area contributed by atoms with Crippen LogP contribution in [0, 0.1) is 0 Å². The van der Waals surface area contributed by atoms with E-state index in [9.17, 15) is 14.4 Å². The second-order valence-corrected chi connectivity index (χ2v) is 5.52. The molecule has 1 unspecified atom stereocenters. The van der Waals surface area contributed by atoms with Crippen LogP contribution in [0.15, 0.2) is 60.7 Å². The fourth-order valence-electron chi connectivity index (χ4n) is 2.58. The van der Waals surface area contributed by atoms with Gasteiger partial charge in [-0.3, -0.25) is 14.9 Å². The van der Waals surface area contributed by atoms with E-state index in [-0.39, 0.29) is 12.3 Å².